The van der Waals surface area contributed by atoms with Crippen LogP contribution in [0.3, 0.4) is 0 Å². The van der Waals surface area contributed by atoms with Gasteiger partial charge >= 0.3 is 0 Å². The fourth-order valence-electron chi connectivity index (χ4n) is 1.97. The van der Waals surface area contributed by atoms with Crippen LogP contribution in [0.25, 0.3) is 0 Å². The molecule has 19 heavy (non-hydrogen) atoms. The van der Waals surface area contributed by atoms with E-state index < -0.39 is 6.04 Å². The summed E-state index contributed by atoms with van der Waals surface area (Å²) in [6, 6.07) is 6.28. The first kappa shape index (κ1) is 15.5. The summed E-state index contributed by atoms with van der Waals surface area (Å²) in [5, 5.41) is 9.20. The van der Waals surface area contributed by atoms with Gasteiger partial charge in [0.25, 0.3) is 0 Å². The van der Waals surface area contributed by atoms with Crippen molar-refractivity contribution >= 4 is 5.91 Å². The zero-order valence-corrected chi connectivity index (χ0v) is 11.8. The second kappa shape index (κ2) is 7.79. The van der Waals surface area contributed by atoms with Gasteiger partial charge in [-0.1, -0.05) is 31.9 Å². The van der Waals surface area contributed by atoms with E-state index in [0.29, 0.717) is 6.42 Å². The molecule has 0 unspecified atom stereocenters. The lowest BCUT2D eigenvalue weighted by Crippen LogP contribution is -2.43. The molecular weight excluding hydrogens is 240 g/mol. The molecule has 1 atom stereocenters. The van der Waals surface area contributed by atoms with Crippen molar-refractivity contribution in [2.24, 2.45) is 5.73 Å². The summed E-state index contributed by atoms with van der Waals surface area (Å²) in [5.41, 5.74) is 6.90. The van der Waals surface area contributed by atoms with Crippen molar-refractivity contribution in [1.29, 1.82) is 0 Å². The fraction of sp³-hybridized carbons (Fsp3) is 0.533. The van der Waals surface area contributed by atoms with Gasteiger partial charge in [-0.3, -0.25) is 4.79 Å². The Morgan fingerprint density at radius 1 is 1.32 bits per heavy atom. The van der Waals surface area contributed by atoms with E-state index in [1.165, 1.54) is 0 Å². The van der Waals surface area contributed by atoms with Gasteiger partial charge in [-0.2, -0.15) is 0 Å². The summed E-state index contributed by atoms with van der Waals surface area (Å²) < 4.78 is 0. The molecule has 0 saturated carbocycles. The molecule has 0 spiro atoms. The Hall–Kier alpha value is -1.55. The minimum atomic E-state index is -0.517. The largest absolute Gasteiger partial charge is 0.508 e. The van der Waals surface area contributed by atoms with Crippen LogP contribution in [0.2, 0.25) is 0 Å². The van der Waals surface area contributed by atoms with E-state index in [1.807, 2.05) is 0 Å². The summed E-state index contributed by atoms with van der Waals surface area (Å²) in [5.74, 6) is 0.199. The van der Waals surface area contributed by atoms with Gasteiger partial charge in [0, 0.05) is 13.6 Å². The molecule has 0 heterocycles. The van der Waals surface area contributed by atoms with Crippen molar-refractivity contribution in [1.82, 2.24) is 4.90 Å². The molecule has 4 heteroatoms. The fourth-order valence-corrected chi connectivity index (χ4v) is 1.97. The Morgan fingerprint density at radius 2 is 1.95 bits per heavy atom. The lowest BCUT2D eigenvalue weighted by atomic mass is 10.1. The summed E-state index contributed by atoms with van der Waals surface area (Å²) in [4.78, 5) is 13.8. The number of rotatable bonds is 7. The van der Waals surface area contributed by atoms with Crippen LogP contribution in [0.4, 0.5) is 0 Å². The molecule has 3 N–H and O–H groups in total. The lowest BCUT2D eigenvalue weighted by molar-refractivity contribution is -0.131. The van der Waals surface area contributed by atoms with E-state index >= 15 is 0 Å². The number of nitrogens with two attached hydrogens (primary N) is 1. The Bertz CT molecular complexity index is 390. The summed E-state index contributed by atoms with van der Waals surface area (Å²) in [6.07, 6.45) is 3.79. The van der Waals surface area contributed by atoms with Crippen molar-refractivity contribution in [3.8, 4) is 5.75 Å². The van der Waals surface area contributed by atoms with Crippen LogP contribution in [0.5, 0.6) is 5.75 Å². The van der Waals surface area contributed by atoms with Crippen LogP contribution in [-0.4, -0.2) is 35.5 Å². The van der Waals surface area contributed by atoms with E-state index in [0.717, 1.165) is 31.4 Å². The molecule has 0 radical (unpaired) electrons. The number of benzene rings is 1. The van der Waals surface area contributed by atoms with Gasteiger partial charge in [0.15, 0.2) is 0 Å². The van der Waals surface area contributed by atoms with Gasteiger partial charge in [-0.25, -0.2) is 0 Å². The molecule has 0 aliphatic carbocycles. The van der Waals surface area contributed by atoms with Gasteiger partial charge in [-0.05, 0) is 30.5 Å². The third kappa shape index (κ3) is 5.30. The predicted molar refractivity (Wildman–Crippen MR) is 76.9 cm³/mol. The Morgan fingerprint density at radius 3 is 2.53 bits per heavy atom. The maximum absolute atomic E-state index is 12.1. The molecule has 0 bridgehead atoms. The third-order valence-corrected chi connectivity index (χ3v) is 3.18. The molecule has 0 aliphatic heterocycles. The number of nitrogens with zero attached hydrogens (tertiary/aromatic N) is 1. The average Bonchev–Trinajstić information content (AvgIpc) is 2.40. The highest BCUT2D eigenvalue weighted by atomic mass is 16.3. The first-order chi connectivity index (χ1) is 9.04. The smallest absolute Gasteiger partial charge is 0.239 e. The summed E-state index contributed by atoms with van der Waals surface area (Å²) >= 11 is 0. The van der Waals surface area contributed by atoms with E-state index in [1.54, 1.807) is 36.2 Å². The molecule has 1 amide bonds. The van der Waals surface area contributed by atoms with Crippen molar-refractivity contribution in [2.75, 3.05) is 13.6 Å². The molecule has 0 fully saturated rings. The second-order valence-electron chi connectivity index (χ2n) is 4.94. The number of amides is 1. The molecule has 1 aromatic rings. The zero-order valence-electron chi connectivity index (χ0n) is 11.8. The first-order valence-electron chi connectivity index (χ1n) is 6.83. The van der Waals surface area contributed by atoms with Crippen LogP contribution >= 0.6 is 0 Å². The highest BCUT2D eigenvalue weighted by Gasteiger charge is 2.17. The zero-order chi connectivity index (χ0) is 14.3. The molecule has 0 aliphatic rings. The Kier molecular flexibility index (Phi) is 6.36. The van der Waals surface area contributed by atoms with Crippen LogP contribution in [0, 0.1) is 0 Å². The number of aromatic hydroxyl groups is 1. The maximum Gasteiger partial charge on any atom is 0.239 e. The van der Waals surface area contributed by atoms with E-state index in [2.05, 4.69) is 6.92 Å². The number of hydrogen-bond donors (Lipinski definition) is 2. The van der Waals surface area contributed by atoms with E-state index in [4.69, 9.17) is 5.73 Å². The monoisotopic (exact) mass is 264 g/mol. The van der Waals surface area contributed by atoms with Crippen LogP contribution < -0.4 is 5.73 Å². The minimum absolute atomic E-state index is 0.0239. The Labute approximate surface area is 115 Å². The molecule has 0 aromatic heterocycles. The SMILES string of the molecule is CCCCCN(C)C(=O)[C@H](N)Cc1ccc(O)cc1. The van der Waals surface area contributed by atoms with Gasteiger partial charge in [0.2, 0.25) is 5.91 Å². The third-order valence-electron chi connectivity index (χ3n) is 3.18. The molecule has 1 rings (SSSR count). The van der Waals surface area contributed by atoms with Gasteiger partial charge in [0.05, 0.1) is 6.04 Å². The lowest BCUT2D eigenvalue weighted by Gasteiger charge is -2.21. The summed E-state index contributed by atoms with van der Waals surface area (Å²) in [7, 11) is 1.80. The van der Waals surface area contributed by atoms with Crippen molar-refractivity contribution in [3.63, 3.8) is 0 Å². The average molecular weight is 264 g/mol. The van der Waals surface area contributed by atoms with Crippen LogP contribution in [-0.2, 0) is 11.2 Å². The molecular formula is C15H24N2O2. The first-order valence-corrected chi connectivity index (χ1v) is 6.83. The standard InChI is InChI=1S/C15H24N2O2/c1-3-4-5-10-17(2)15(19)14(16)11-12-6-8-13(18)9-7-12/h6-9,14,18H,3-5,10-11,16H2,1-2H3/t14-/m1/s1. The molecule has 0 saturated heterocycles. The minimum Gasteiger partial charge on any atom is -0.508 e. The second-order valence-corrected chi connectivity index (χ2v) is 4.94. The predicted octanol–water partition coefficient (Wildman–Crippen LogP) is 1.91. The number of carbonyl (C=O) groups is 1. The van der Waals surface area contributed by atoms with Crippen LogP contribution in [0.15, 0.2) is 24.3 Å². The number of hydrogen-bond acceptors (Lipinski definition) is 3. The maximum atomic E-state index is 12.1. The highest BCUT2D eigenvalue weighted by Crippen LogP contribution is 2.11. The quantitative estimate of drug-likeness (QED) is 0.739. The van der Waals surface area contributed by atoms with Crippen molar-refractivity contribution in [3.05, 3.63) is 29.8 Å². The number of likely N-dealkylation sites (N-methyl/N-ethyl adjacent to an activating group) is 1. The highest BCUT2D eigenvalue weighted by molar-refractivity contribution is 5.81. The van der Waals surface area contributed by atoms with Crippen LogP contribution in [0.1, 0.15) is 31.7 Å². The van der Waals surface area contributed by atoms with Gasteiger partial charge < -0.3 is 15.7 Å². The molecule has 4 nitrogen and oxygen atoms in total. The van der Waals surface area contributed by atoms with Gasteiger partial charge in [-0.15, -0.1) is 0 Å². The normalized spacial score (nSPS) is 12.2. The van der Waals surface area contributed by atoms with Gasteiger partial charge in [0.1, 0.15) is 5.75 Å². The number of phenolic OH excluding ortho intramolecular Hbond substituents is 1. The summed E-state index contributed by atoms with van der Waals surface area (Å²) in [6.45, 7) is 2.90. The topological polar surface area (TPSA) is 66.6 Å². The number of carbonyl (C=O) groups excluding carboxylic acids is 1. The molecule has 1 aromatic carbocycles. The Balaban J connectivity index is 2.45. The number of unbranched alkanes of at least 4 members (excludes halogenated alkanes) is 2. The van der Waals surface area contributed by atoms with E-state index in [9.17, 15) is 9.90 Å². The van der Waals surface area contributed by atoms with E-state index in [-0.39, 0.29) is 11.7 Å². The number of phenols is 1. The molecule has 106 valence electrons. The van der Waals surface area contributed by atoms with Crippen molar-refractivity contribution in [2.45, 2.75) is 38.6 Å². The van der Waals surface area contributed by atoms with Crippen molar-refractivity contribution < 1.29 is 9.90 Å².